The van der Waals surface area contributed by atoms with Gasteiger partial charge in [0.25, 0.3) is 5.91 Å². The molecule has 27 heavy (non-hydrogen) atoms. The van der Waals surface area contributed by atoms with Crippen LogP contribution in [0.1, 0.15) is 18.0 Å². The second kappa shape index (κ2) is 7.52. The summed E-state index contributed by atoms with van der Waals surface area (Å²) in [6.07, 6.45) is 6.06. The van der Waals surface area contributed by atoms with Crippen LogP contribution in [-0.2, 0) is 16.0 Å². The number of rotatable bonds is 4. The van der Waals surface area contributed by atoms with Gasteiger partial charge in [0, 0.05) is 50.8 Å². The Balaban J connectivity index is 1.54. The minimum atomic E-state index is -0.564. The minimum Gasteiger partial charge on any atom is -0.340 e. The van der Waals surface area contributed by atoms with E-state index in [1.54, 1.807) is 23.3 Å². The van der Waals surface area contributed by atoms with E-state index in [4.69, 9.17) is 0 Å². The average molecular weight is 367 g/mol. The maximum Gasteiger partial charge on any atom is 0.250 e. The molecule has 2 aliphatic rings. The molecule has 7 heteroatoms. The number of amides is 2. The molecule has 7 nitrogen and oxygen atoms in total. The van der Waals surface area contributed by atoms with Crippen LogP contribution in [0.5, 0.6) is 0 Å². The van der Waals surface area contributed by atoms with Gasteiger partial charge in [-0.15, -0.1) is 0 Å². The van der Waals surface area contributed by atoms with E-state index in [-0.39, 0.29) is 18.2 Å². The normalized spacial score (nSPS) is 18.4. The molecule has 3 heterocycles. The van der Waals surface area contributed by atoms with Crippen molar-refractivity contribution in [3.05, 3.63) is 48.5 Å². The first-order valence-corrected chi connectivity index (χ1v) is 9.46. The first kappa shape index (κ1) is 17.7. The molecule has 142 valence electrons. The first-order valence-electron chi connectivity index (χ1n) is 9.46. The first-order chi connectivity index (χ1) is 13.1. The van der Waals surface area contributed by atoms with Gasteiger partial charge in [0.05, 0.1) is 12.7 Å². The quantitative estimate of drug-likeness (QED) is 0.814. The van der Waals surface area contributed by atoms with Crippen LogP contribution in [0.4, 0.5) is 5.69 Å². The summed E-state index contributed by atoms with van der Waals surface area (Å²) >= 11 is 0. The van der Waals surface area contributed by atoms with E-state index >= 15 is 0 Å². The molecular formula is C20H25N5O2. The van der Waals surface area contributed by atoms with Gasteiger partial charge in [0.1, 0.15) is 6.04 Å². The molecule has 1 aromatic carbocycles. The number of benzene rings is 1. The number of carbonyl (C=O) groups excluding carboxylic acids is 2. The summed E-state index contributed by atoms with van der Waals surface area (Å²) in [4.78, 5) is 36.2. The largest absolute Gasteiger partial charge is 0.340 e. The number of hydrogen-bond acceptors (Lipinski definition) is 4. The van der Waals surface area contributed by atoms with Crippen LogP contribution in [-0.4, -0.2) is 70.9 Å². The van der Waals surface area contributed by atoms with E-state index in [2.05, 4.69) is 23.0 Å². The van der Waals surface area contributed by atoms with Crippen LogP contribution in [0.2, 0.25) is 0 Å². The number of imidazole rings is 1. The van der Waals surface area contributed by atoms with Gasteiger partial charge in [-0.25, -0.2) is 4.98 Å². The minimum absolute atomic E-state index is 0.0302. The Morgan fingerprint density at radius 3 is 2.63 bits per heavy atom. The lowest BCUT2D eigenvalue weighted by molar-refractivity contribution is -0.136. The lowest BCUT2D eigenvalue weighted by atomic mass is 10.1. The third-order valence-electron chi connectivity index (χ3n) is 5.55. The lowest BCUT2D eigenvalue weighted by Gasteiger charge is -2.33. The number of aromatic nitrogens is 2. The fourth-order valence-corrected chi connectivity index (χ4v) is 3.87. The molecule has 2 amide bonds. The Hall–Kier alpha value is -2.67. The monoisotopic (exact) mass is 367 g/mol. The molecule has 2 aliphatic heterocycles. The Bertz CT molecular complexity index is 812. The highest BCUT2D eigenvalue weighted by Crippen LogP contribution is 2.30. The summed E-state index contributed by atoms with van der Waals surface area (Å²) in [5, 5.41) is 0. The summed E-state index contributed by atoms with van der Waals surface area (Å²) in [5.41, 5.74) is 2.14. The molecule has 0 N–H and O–H groups in total. The van der Waals surface area contributed by atoms with Crippen LogP contribution >= 0.6 is 0 Å². The van der Waals surface area contributed by atoms with E-state index in [0.29, 0.717) is 19.6 Å². The van der Waals surface area contributed by atoms with Gasteiger partial charge in [-0.2, -0.15) is 0 Å². The highest BCUT2D eigenvalue weighted by atomic mass is 16.2. The molecule has 0 bridgehead atoms. The van der Waals surface area contributed by atoms with Crippen molar-refractivity contribution in [3.8, 4) is 0 Å². The zero-order valence-corrected chi connectivity index (χ0v) is 15.6. The highest BCUT2D eigenvalue weighted by molar-refractivity contribution is 6.00. The summed E-state index contributed by atoms with van der Waals surface area (Å²) in [6, 6.07) is 7.42. The summed E-state index contributed by atoms with van der Waals surface area (Å²) < 4.78 is 1.76. The van der Waals surface area contributed by atoms with Crippen molar-refractivity contribution in [2.24, 2.45) is 0 Å². The van der Waals surface area contributed by atoms with Gasteiger partial charge in [-0.1, -0.05) is 18.2 Å². The predicted molar refractivity (Wildman–Crippen MR) is 102 cm³/mol. The van der Waals surface area contributed by atoms with E-state index in [0.717, 1.165) is 25.2 Å². The second-order valence-electron chi connectivity index (χ2n) is 7.28. The fraction of sp³-hybridized carbons (Fsp3) is 0.450. The molecule has 2 aromatic rings. The molecular weight excluding hydrogens is 342 g/mol. The summed E-state index contributed by atoms with van der Waals surface area (Å²) in [6.45, 7) is 3.83. The predicted octanol–water partition coefficient (Wildman–Crippen LogP) is 1.18. The number of carbonyl (C=O) groups is 2. The molecule has 0 unspecified atom stereocenters. The molecule has 1 aromatic heterocycles. The van der Waals surface area contributed by atoms with E-state index < -0.39 is 6.04 Å². The molecule has 0 saturated carbocycles. The van der Waals surface area contributed by atoms with Crippen LogP contribution in [0.15, 0.2) is 43.0 Å². The maximum atomic E-state index is 13.4. The third-order valence-corrected chi connectivity index (χ3v) is 5.55. The van der Waals surface area contributed by atoms with Crippen molar-refractivity contribution in [3.63, 3.8) is 0 Å². The molecule has 1 atom stereocenters. The molecule has 0 spiro atoms. The van der Waals surface area contributed by atoms with E-state index in [1.807, 2.05) is 28.0 Å². The molecule has 0 aliphatic carbocycles. The number of anilines is 1. The third kappa shape index (κ3) is 3.60. The fourth-order valence-electron chi connectivity index (χ4n) is 3.87. The smallest absolute Gasteiger partial charge is 0.250 e. The number of fused-ring (bicyclic) bond motifs is 1. The van der Waals surface area contributed by atoms with Crippen LogP contribution < -0.4 is 4.90 Å². The van der Waals surface area contributed by atoms with Crippen molar-refractivity contribution in [2.45, 2.75) is 18.9 Å². The van der Waals surface area contributed by atoms with Gasteiger partial charge >= 0.3 is 0 Å². The molecule has 4 rings (SSSR count). The van der Waals surface area contributed by atoms with Gasteiger partial charge in [-0.3, -0.25) is 9.59 Å². The Morgan fingerprint density at radius 2 is 1.89 bits per heavy atom. The van der Waals surface area contributed by atoms with E-state index in [1.165, 1.54) is 5.56 Å². The van der Waals surface area contributed by atoms with Crippen LogP contribution in [0, 0.1) is 0 Å². The molecule has 1 saturated heterocycles. The van der Waals surface area contributed by atoms with Gasteiger partial charge in [0.2, 0.25) is 5.91 Å². The standard InChI is InChI=1S/C20H25N5O2/c1-22-10-12-23(13-11-22)19(26)14-18(24-9-7-21-15-24)20(27)25-8-6-16-4-2-3-5-17(16)25/h2-5,7,9,15,18H,6,8,10-14H2,1H3/t18-/m0/s1. The SMILES string of the molecule is CN1CCN(C(=O)C[C@@H](C(=O)N2CCc3ccccc32)n2ccnc2)CC1. The lowest BCUT2D eigenvalue weighted by Crippen LogP contribution is -2.48. The zero-order chi connectivity index (χ0) is 18.8. The van der Waals surface area contributed by atoms with Crippen LogP contribution in [0.3, 0.4) is 0 Å². The summed E-state index contributed by atoms with van der Waals surface area (Å²) in [5.74, 6) is -0.0111. The van der Waals surface area contributed by atoms with Crippen molar-refractivity contribution < 1.29 is 9.59 Å². The number of hydrogen-bond donors (Lipinski definition) is 0. The highest BCUT2D eigenvalue weighted by Gasteiger charge is 2.33. The Labute approximate surface area is 159 Å². The Morgan fingerprint density at radius 1 is 1.11 bits per heavy atom. The molecule has 1 fully saturated rings. The van der Waals surface area contributed by atoms with E-state index in [9.17, 15) is 9.59 Å². The number of likely N-dealkylation sites (N-methyl/N-ethyl adjacent to an activating group) is 1. The zero-order valence-electron chi connectivity index (χ0n) is 15.6. The van der Waals surface area contributed by atoms with Gasteiger partial charge in [0.15, 0.2) is 0 Å². The second-order valence-corrected chi connectivity index (χ2v) is 7.28. The number of piperazine rings is 1. The Kier molecular flexibility index (Phi) is 4.94. The number of para-hydroxylation sites is 1. The maximum absolute atomic E-state index is 13.4. The topological polar surface area (TPSA) is 61.7 Å². The average Bonchev–Trinajstić information content (AvgIpc) is 3.36. The number of nitrogens with zero attached hydrogens (tertiary/aromatic N) is 5. The van der Waals surface area contributed by atoms with Crippen molar-refractivity contribution in [1.29, 1.82) is 0 Å². The van der Waals surface area contributed by atoms with Gasteiger partial charge in [-0.05, 0) is 25.1 Å². The van der Waals surface area contributed by atoms with Crippen molar-refractivity contribution >= 4 is 17.5 Å². The molecule has 0 radical (unpaired) electrons. The van der Waals surface area contributed by atoms with Crippen LogP contribution in [0.25, 0.3) is 0 Å². The van der Waals surface area contributed by atoms with Crippen molar-refractivity contribution in [2.75, 3.05) is 44.7 Å². The van der Waals surface area contributed by atoms with Crippen molar-refractivity contribution in [1.82, 2.24) is 19.4 Å². The van der Waals surface area contributed by atoms with Gasteiger partial charge < -0.3 is 19.3 Å². The summed E-state index contributed by atoms with van der Waals surface area (Å²) in [7, 11) is 2.06.